The van der Waals surface area contributed by atoms with Crippen molar-refractivity contribution in [1.29, 1.82) is 0 Å². The van der Waals surface area contributed by atoms with Gasteiger partial charge in [-0.1, -0.05) is 6.92 Å². The number of rotatable bonds is 4. The molecule has 1 saturated heterocycles. The fraction of sp³-hybridized carbons (Fsp3) is 0.421. The molecular weight excluding hydrogens is 332 g/mol. The number of likely N-dealkylation sites (tertiary alicyclic amines) is 1. The zero-order valence-electron chi connectivity index (χ0n) is 14.6. The number of amides is 1. The minimum Gasteiger partial charge on any atom is -0.337 e. The van der Waals surface area contributed by atoms with Crippen LogP contribution in [-0.4, -0.2) is 38.4 Å². The number of fused-ring (bicyclic) bond motifs is 1. The molecule has 1 aliphatic heterocycles. The Morgan fingerprint density at radius 1 is 1.40 bits per heavy atom. The average Bonchev–Trinajstić information content (AvgIpc) is 3.33. The first-order valence-electron chi connectivity index (χ1n) is 8.83. The van der Waals surface area contributed by atoms with Crippen LogP contribution in [0.1, 0.15) is 46.7 Å². The molecule has 4 rings (SSSR count). The van der Waals surface area contributed by atoms with E-state index in [0.717, 1.165) is 59.9 Å². The van der Waals surface area contributed by atoms with Gasteiger partial charge in [-0.25, -0.2) is 9.97 Å². The lowest BCUT2D eigenvalue weighted by Crippen LogP contribution is -2.28. The van der Waals surface area contributed by atoms with Crippen LogP contribution < -0.4 is 0 Å². The van der Waals surface area contributed by atoms with Gasteiger partial charge in [0, 0.05) is 31.7 Å². The minimum absolute atomic E-state index is 0.159. The van der Waals surface area contributed by atoms with Gasteiger partial charge in [-0.05, 0) is 48.9 Å². The van der Waals surface area contributed by atoms with E-state index in [1.165, 1.54) is 11.3 Å². The number of aryl methyl sites for hydroxylation is 2. The Bertz CT molecular complexity index is 913. The van der Waals surface area contributed by atoms with E-state index in [2.05, 4.69) is 16.5 Å². The molecule has 1 fully saturated rings. The van der Waals surface area contributed by atoms with E-state index in [0.29, 0.717) is 0 Å². The summed E-state index contributed by atoms with van der Waals surface area (Å²) < 4.78 is 2.24. The maximum Gasteiger partial charge on any atom is 0.264 e. The lowest BCUT2D eigenvalue weighted by molar-refractivity contribution is 0.0794. The summed E-state index contributed by atoms with van der Waals surface area (Å²) in [6, 6.07) is 5.96. The van der Waals surface area contributed by atoms with Crippen molar-refractivity contribution in [2.45, 2.75) is 39.2 Å². The second kappa shape index (κ2) is 6.59. The van der Waals surface area contributed by atoms with Gasteiger partial charge in [0.05, 0.1) is 4.88 Å². The maximum atomic E-state index is 12.8. The molecule has 25 heavy (non-hydrogen) atoms. The molecule has 1 amide bonds. The number of aromatic nitrogens is 3. The van der Waals surface area contributed by atoms with Gasteiger partial charge < -0.3 is 9.47 Å². The molecule has 0 spiro atoms. The molecule has 130 valence electrons. The molecule has 3 aromatic rings. The number of pyridine rings is 1. The van der Waals surface area contributed by atoms with E-state index in [1.807, 2.05) is 41.6 Å². The molecular formula is C19H22N4OS. The Balaban J connectivity index is 1.61. The highest BCUT2D eigenvalue weighted by Gasteiger charge is 2.32. The average molecular weight is 354 g/mol. The highest BCUT2D eigenvalue weighted by atomic mass is 32.1. The van der Waals surface area contributed by atoms with Gasteiger partial charge in [-0.15, -0.1) is 11.3 Å². The summed E-state index contributed by atoms with van der Waals surface area (Å²) in [6.07, 6.45) is 3.83. The normalized spacial score (nSPS) is 17.5. The third kappa shape index (κ3) is 2.84. The van der Waals surface area contributed by atoms with Gasteiger partial charge in [0.2, 0.25) is 0 Å². The molecule has 0 bridgehead atoms. The number of carbonyl (C=O) groups excluding carboxylic acids is 1. The second-order valence-electron chi connectivity index (χ2n) is 6.64. The summed E-state index contributed by atoms with van der Waals surface area (Å²) in [7, 11) is 0. The predicted molar refractivity (Wildman–Crippen MR) is 100 cm³/mol. The van der Waals surface area contributed by atoms with E-state index in [-0.39, 0.29) is 11.8 Å². The predicted octanol–water partition coefficient (Wildman–Crippen LogP) is 3.84. The SMILES string of the molecule is CCCn1c([C@@H]2CCN(C(=O)c3sccc3C)C2)nc2cccnc21. The van der Waals surface area contributed by atoms with Crippen molar-refractivity contribution in [2.75, 3.05) is 13.1 Å². The highest BCUT2D eigenvalue weighted by Crippen LogP contribution is 2.31. The van der Waals surface area contributed by atoms with Gasteiger partial charge in [0.25, 0.3) is 5.91 Å². The van der Waals surface area contributed by atoms with Crippen molar-refractivity contribution in [3.05, 3.63) is 46.0 Å². The smallest absolute Gasteiger partial charge is 0.264 e. The van der Waals surface area contributed by atoms with E-state index in [9.17, 15) is 4.79 Å². The van der Waals surface area contributed by atoms with Crippen LogP contribution in [0.25, 0.3) is 11.2 Å². The first-order chi connectivity index (χ1) is 12.2. The molecule has 5 nitrogen and oxygen atoms in total. The molecule has 3 aromatic heterocycles. The molecule has 0 unspecified atom stereocenters. The minimum atomic E-state index is 0.159. The Morgan fingerprint density at radius 2 is 2.28 bits per heavy atom. The lowest BCUT2D eigenvalue weighted by Gasteiger charge is -2.17. The standard InChI is InChI=1S/C19H22N4OS/c1-3-9-23-17(21-15-5-4-8-20-18(15)23)14-6-10-22(12-14)19(24)16-13(2)7-11-25-16/h4-5,7-8,11,14H,3,6,9-10,12H2,1-2H3/t14-/m1/s1. The summed E-state index contributed by atoms with van der Waals surface area (Å²) >= 11 is 1.53. The van der Waals surface area contributed by atoms with Crippen LogP contribution in [0.5, 0.6) is 0 Å². The van der Waals surface area contributed by atoms with Crippen molar-refractivity contribution < 1.29 is 4.79 Å². The third-order valence-corrected chi connectivity index (χ3v) is 5.88. The van der Waals surface area contributed by atoms with Crippen LogP contribution >= 0.6 is 11.3 Å². The molecule has 0 aliphatic carbocycles. The topological polar surface area (TPSA) is 51.0 Å². The van der Waals surface area contributed by atoms with E-state index in [1.54, 1.807) is 0 Å². The van der Waals surface area contributed by atoms with E-state index in [4.69, 9.17) is 4.98 Å². The number of hydrogen-bond donors (Lipinski definition) is 0. The first-order valence-corrected chi connectivity index (χ1v) is 9.71. The monoisotopic (exact) mass is 354 g/mol. The Kier molecular flexibility index (Phi) is 4.29. The quantitative estimate of drug-likeness (QED) is 0.715. The zero-order valence-corrected chi connectivity index (χ0v) is 15.4. The molecule has 1 aliphatic rings. The summed E-state index contributed by atoms with van der Waals surface area (Å²) in [4.78, 5) is 25.0. The molecule has 0 N–H and O–H groups in total. The number of hydrogen-bond acceptors (Lipinski definition) is 4. The van der Waals surface area contributed by atoms with Crippen molar-refractivity contribution in [2.24, 2.45) is 0 Å². The van der Waals surface area contributed by atoms with Gasteiger partial charge in [0.15, 0.2) is 5.65 Å². The number of carbonyl (C=O) groups is 1. The Morgan fingerprint density at radius 3 is 3.04 bits per heavy atom. The lowest BCUT2D eigenvalue weighted by atomic mass is 10.1. The Labute approximate surface area is 151 Å². The van der Waals surface area contributed by atoms with Crippen molar-refractivity contribution >= 4 is 28.4 Å². The summed E-state index contributed by atoms with van der Waals surface area (Å²) in [5, 5.41) is 1.99. The zero-order chi connectivity index (χ0) is 17.4. The number of nitrogens with zero attached hydrogens (tertiary/aromatic N) is 4. The van der Waals surface area contributed by atoms with Crippen LogP contribution in [0.15, 0.2) is 29.8 Å². The van der Waals surface area contributed by atoms with Gasteiger partial charge in [-0.2, -0.15) is 0 Å². The fourth-order valence-corrected chi connectivity index (χ4v) is 4.51. The molecule has 0 aromatic carbocycles. The summed E-state index contributed by atoms with van der Waals surface area (Å²) in [5.74, 6) is 1.52. The number of thiophene rings is 1. The second-order valence-corrected chi connectivity index (χ2v) is 7.55. The maximum absolute atomic E-state index is 12.8. The van der Waals surface area contributed by atoms with Crippen molar-refractivity contribution in [1.82, 2.24) is 19.4 Å². The van der Waals surface area contributed by atoms with Crippen molar-refractivity contribution in [3.63, 3.8) is 0 Å². The van der Waals surface area contributed by atoms with Crippen molar-refractivity contribution in [3.8, 4) is 0 Å². The summed E-state index contributed by atoms with van der Waals surface area (Å²) in [5.41, 5.74) is 2.98. The highest BCUT2D eigenvalue weighted by molar-refractivity contribution is 7.12. The third-order valence-electron chi connectivity index (χ3n) is 4.88. The van der Waals surface area contributed by atoms with Gasteiger partial charge >= 0.3 is 0 Å². The molecule has 4 heterocycles. The molecule has 0 radical (unpaired) electrons. The fourth-order valence-electron chi connectivity index (χ4n) is 3.62. The number of imidazole rings is 1. The van der Waals surface area contributed by atoms with Crippen LogP contribution in [0, 0.1) is 6.92 Å². The molecule has 1 atom stereocenters. The molecule has 0 saturated carbocycles. The van der Waals surface area contributed by atoms with Crippen LogP contribution in [0.2, 0.25) is 0 Å². The summed E-state index contributed by atoms with van der Waals surface area (Å²) in [6.45, 7) is 6.62. The largest absolute Gasteiger partial charge is 0.337 e. The van der Waals surface area contributed by atoms with Gasteiger partial charge in [-0.3, -0.25) is 4.79 Å². The van der Waals surface area contributed by atoms with Crippen LogP contribution in [0.4, 0.5) is 0 Å². The van der Waals surface area contributed by atoms with Crippen LogP contribution in [0.3, 0.4) is 0 Å². The van der Waals surface area contributed by atoms with E-state index < -0.39 is 0 Å². The van der Waals surface area contributed by atoms with E-state index >= 15 is 0 Å². The Hall–Kier alpha value is -2.21. The first kappa shape index (κ1) is 16.3. The molecule has 6 heteroatoms. The van der Waals surface area contributed by atoms with Gasteiger partial charge in [0.1, 0.15) is 11.3 Å². The van der Waals surface area contributed by atoms with Crippen LogP contribution in [-0.2, 0) is 6.54 Å².